The van der Waals surface area contributed by atoms with Gasteiger partial charge in [0.1, 0.15) is 11.8 Å². The first-order valence-corrected chi connectivity index (χ1v) is 12.4. The normalized spacial score (nSPS) is 14.3. The molecule has 0 spiro atoms. The number of ether oxygens (including phenoxy) is 1. The van der Waals surface area contributed by atoms with E-state index in [1.54, 1.807) is 12.0 Å². The van der Waals surface area contributed by atoms with Crippen LogP contribution >= 0.6 is 0 Å². The van der Waals surface area contributed by atoms with Crippen molar-refractivity contribution in [3.05, 3.63) is 102 Å². The highest BCUT2D eigenvalue weighted by molar-refractivity contribution is 5.89. The van der Waals surface area contributed by atoms with E-state index in [1.807, 2.05) is 84.9 Å². The second-order valence-electron chi connectivity index (χ2n) is 9.23. The summed E-state index contributed by atoms with van der Waals surface area (Å²) in [6, 6.07) is 26.9. The number of nitrogens with one attached hydrogen (secondary N) is 1. The number of nitrogens with zero attached hydrogens (tertiary/aromatic N) is 1. The third-order valence-electron chi connectivity index (χ3n) is 6.66. The fourth-order valence-corrected chi connectivity index (χ4v) is 4.76. The summed E-state index contributed by atoms with van der Waals surface area (Å²) >= 11 is 0. The lowest BCUT2D eigenvalue weighted by Gasteiger charge is -2.32. The van der Waals surface area contributed by atoms with Gasteiger partial charge in [0.05, 0.1) is 13.5 Å². The molecule has 1 saturated carbocycles. The summed E-state index contributed by atoms with van der Waals surface area (Å²) in [5, 5.41) is 3.25. The summed E-state index contributed by atoms with van der Waals surface area (Å²) in [5.41, 5.74) is 2.89. The standard InChI is InChI=1S/C30H34N2O3/c1-35-27-18-10-15-25(19-27)22-32(29(33)21-24-13-6-3-7-14-24)28(20-23-11-4-2-5-12-23)30(34)31-26-16-8-9-17-26/h2-7,10-15,18-19,26,28H,8-9,16-17,20-22H2,1H3,(H,31,34). The molecule has 0 saturated heterocycles. The van der Waals surface area contributed by atoms with Gasteiger partial charge in [-0.2, -0.15) is 0 Å². The number of carbonyl (C=O) groups excluding carboxylic acids is 2. The van der Waals surface area contributed by atoms with Gasteiger partial charge in [0.15, 0.2) is 0 Å². The Kier molecular flexibility index (Phi) is 8.55. The van der Waals surface area contributed by atoms with Gasteiger partial charge in [0.2, 0.25) is 11.8 Å². The van der Waals surface area contributed by atoms with Crippen molar-refractivity contribution in [3.8, 4) is 5.75 Å². The maximum absolute atomic E-state index is 13.8. The Labute approximate surface area is 208 Å². The molecule has 1 atom stereocenters. The minimum absolute atomic E-state index is 0.0680. The van der Waals surface area contributed by atoms with Gasteiger partial charge in [-0.15, -0.1) is 0 Å². The van der Waals surface area contributed by atoms with E-state index in [0.717, 1.165) is 48.1 Å². The molecule has 5 heteroatoms. The topological polar surface area (TPSA) is 58.6 Å². The number of hydrogen-bond acceptors (Lipinski definition) is 3. The Morgan fingerprint density at radius 2 is 1.51 bits per heavy atom. The molecular formula is C30H34N2O3. The van der Waals surface area contributed by atoms with Gasteiger partial charge in [-0.05, 0) is 41.7 Å². The molecule has 0 bridgehead atoms. The molecule has 35 heavy (non-hydrogen) atoms. The van der Waals surface area contributed by atoms with Gasteiger partial charge in [-0.3, -0.25) is 9.59 Å². The van der Waals surface area contributed by atoms with Crippen molar-refractivity contribution in [2.45, 2.75) is 57.2 Å². The van der Waals surface area contributed by atoms with E-state index in [0.29, 0.717) is 13.0 Å². The monoisotopic (exact) mass is 470 g/mol. The Bertz CT molecular complexity index is 1090. The van der Waals surface area contributed by atoms with Crippen LogP contribution in [0.4, 0.5) is 0 Å². The zero-order valence-electron chi connectivity index (χ0n) is 20.4. The van der Waals surface area contributed by atoms with Crippen LogP contribution < -0.4 is 10.1 Å². The number of hydrogen-bond donors (Lipinski definition) is 1. The minimum Gasteiger partial charge on any atom is -0.497 e. The van der Waals surface area contributed by atoms with E-state index < -0.39 is 6.04 Å². The summed E-state index contributed by atoms with van der Waals surface area (Å²) < 4.78 is 5.40. The first-order chi connectivity index (χ1) is 17.1. The van der Waals surface area contributed by atoms with Crippen molar-refractivity contribution in [2.75, 3.05) is 7.11 Å². The van der Waals surface area contributed by atoms with E-state index >= 15 is 0 Å². The predicted molar refractivity (Wildman–Crippen MR) is 138 cm³/mol. The third-order valence-corrected chi connectivity index (χ3v) is 6.66. The molecule has 4 rings (SSSR count). The van der Waals surface area contributed by atoms with Gasteiger partial charge >= 0.3 is 0 Å². The van der Waals surface area contributed by atoms with Crippen molar-refractivity contribution in [3.63, 3.8) is 0 Å². The van der Waals surface area contributed by atoms with E-state index in [-0.39, 0.29) is 24.3 Å². The Morgan fingerprint density at radius 1 is 0.886 bits per heavy atom. The molecular weight excluding hydrogens is 436 g/mol. The Balaban J connectivity index is 1.66. The van der Waals surface area contributed by atoms with Gasteiger partial charge in [-0.1, -0.05) is 85.6 Å². The smallest absolute Gasteiger partial charge is 0.243 e. The van der Waals surface area contributed by atoms with Crippen LogP contribution in [0, 0.1) is 0 Å². The van der Waals surface area contributed by atoms with Crippen molar-refractivity contribution in [1.29, 1.82) is 0 Å². The van der Waals surface area contributed by atoms with Gasteiger partial charge in [0.25, 0.3) is 0 Å². The fraction of sp³-hybridized carbons (Fsp3) is 0.333. The molecule has 3 aromatic carbocycles. The number of rotatable bonds is 10. The number of benzene rings is 3. The quantitative estimate of drug-likeness (QED) is 0.457. The van der Waals surface area contributed by atoms with Gasteiger partial charge in [0, 0.05) is 19.0 Å². The van der Waals surface area contributed by atoms with E-state index in [9.17, 15) is 9.59 Å². The molecule has 5 nitrogen and oxygen atoms in total. The SMILES string of the molecule is COc1cccc(CN(C(=O)Cc2ccccc2)C(Cc2ccccc2)C(=O)NC2CCCC2)c1. The average Bonchev–Trinajstić information content (AvgIpc) is 3.40. The molecule has 3 aromatic rings. The lowest BCUT2D eigenvalue weighted by atomic mass is 10.0. The molecule has 1 unspecified atom stereocenters. The molecule has 0 radical (unpaired) electrons. The molecule has 182 valence electrons. The molecule has 0 aromatic heterocycles. The van der Waals surface area contributed by atoms with Crippen LogP contribution in [0.15, 0.2) is 84.9 Å². The van der Waals surface area contributed by atoms with Crippen molar-refractivity contribution in [2.24, 2.45) is 0 Å². The summed E-state index contributed by atoms with van der Waals surface area (Å²) in [6.07, 6.45) is 4.97. The largest absolute Gasteiger partial charge is 0.497 e. The van der Waals surface area contributed by atoms with E-state index in [1.165, 1.54) is 0 Å². The van der Waals surface area contributed by atoms with Crippen LogP contribution in [0.1, 0.15) is 42.4 Å². The summed E-state index contributed by atoms with van der Waals surface area (Å²) in [4.78, 5) is 29.2. The maximum Gasteiger partial charge on any atom is 0.243 e. The number of methoxy groups -OCH3 is 1. The highest BCUT2D eigenvalue weighted by Gasteiger charge is 2.32. The second kappa shape index (κ2) is 12.2. The predicted octanol–water partition coefficient (Wildman–Crippen LogP) is 4.94. The molecule has 1 aliphatic carbocycles. The van der Waals surface area contributed by atoms with E-state index in [2.05, 4.69) is 5.32 Å². The zero-order chi connectivity index (χ0) is 24.5. The van der Waals surface area contributed by atoms with Crippen molar-refractivity contribution in [1.82, 2.24) is 10.2 Å². The fourth-order valence-electron chi connectivity index (χ4n) is 4.76. The lowest BCUT2D eigenvalue weighted by Crippen LogP contribution is -2.52. The number of amides is 2. The van der Waals surface area contributed by atoms with Gasteiger partial charge < -0.3 is 15.0 Å². The molecule has 0 aliphatic heterocycles. The first kappa shape index (κ1) is 24.5. The Morgan fingerprint density at radius 3 is 2.17 bits per heavy atom. The molecule has 1 aliphatic rings. The summed E-state index contributed by atoms with van der Waals surface area (Å²) in [6.45, 7) is 0.332. The summed E-state index contributed by atoms with van der Waals surface area (Å²) in [5.74, 6) is 0.583. The minimum atomic E-state index is -0.611. The van der Waals surface area contributed by atoms with Crippen LogP contribution in [0.25, 0.3) is 0 Å². The zero-order valence-corrected chi connectivity index (χ0v) is 20.4. The molecule has 2 amide bonds. The van der Waals surface area contributed by atoms with Crippen LogP contribution in [0.2, 0.25) is 0 Å². The highest BCUT2D eigenvalue weighted by atomic mass is 16.5. The third kappa shape index (κ3) is 6.95. The maximum atomic E-state index is 13.8. The molecule has 1 N–H and O–H groups in total. The van der Waals surface area contributed by atoms with Crippen LogP contribution in [0.5, 0.6) is 5.75 Å². The van der Waals surface area contributed by atoms with Crippen LogP contribution in [-0.2, 0) is 29.0 Å². The van der Waals surface area contributed by atoms with Crippen LogP contribution in [0.3, 0.4) is 0 Å². The van der Waals surface area contributed by atoms with Gasteiger partial charge in [-0.25, -0.2) is 0 Å². The molecule has 1 fully saturated rings. The van der Waals surface area contributed by atoms with Crippen molar-refractivity contribution >= 4 is 11.8 Å². The number of carbonyl (C=O) groups is 2. The summed E-state index contributed by atoms with van der Waals surface area (Å²) in [7, 11) is 1.63. The second-order valence-corrected chi connectivity index (χ2v) is 9.23. The molecule has 0 heterocycles. The highest BCUT2D eigenvalue weighted by Crippen LogP contribution is 2.22. The van der Waals surface area contributed by atoms with E-state index in [4.69, 9.17) is 4.74 Å². The first-order valence-electron chi connectivity index (χ1n) is 12.4. The Hall–Kier alpha value is -3.60. The average molecular weight is 471 g/mol. The van der Waals surface area contributed by atoms with Crippen molar-refractivity contribution < 1.29 is 14.3 Å². The lowest BCUT2D eigenvalue weighted by molar-refractivity contribution is -0.141. The van der Waals surface area contributed by atoms with Crippen LogP contribution in [-0.4, -0.2) is 35.9 Å².